The number of carbonyl (C=O) groups is 2. The maximum absolute atomic E-state index is 11.7. The van der Waals surface area contributed by atoms with E-state index in [9.17, 15) is 9.59 Å². The fourth-order valence-corrected chi connectivity index (χ4v) is 2.26. The molecule has 0 aromatic carbocycles. The third kappa shape index (κ3) is 1.85. The van der Waals surface area contributed by atoms with Gasteiger partial charge in [-0.25, -0.2) is 0 Å². The van der Waals surface area contributed by atoms with E-state index >= 15 is 0 Å². The second-order valence-corrected chi connectivity index (χ2v) is 5.30. The van der Waals surface area contributed by atoms with Crippen LogP contribution in [0, 0.1) is 23.2 Å². The zero-order valence-corrected chi connectivity index (χ0v) is 9.12. The Balaban J connectivity index is 1.87. The van der Waals surface area contributed by atoms with Gasteiger partial charge >= 0.3 is 5.97 Å². The molecule has 4 heteroatoms. The van der Waals surface area contributed by atoms with Crippen molar-refractivity contribution < 1.29 is 14.7 Å². The third-order valence-corrected chi connectivity index (χ3v) is 3.64. The van der Waals surface area contributed by atoms with Gasteiger partial charge in [-0.3, -0.25) is 9.59 Å². The molecule has 2 unspecified atom stereocenters. The van der Waals surface area contributed by atoms with Crippen LogP contribution in [0.2, 0.25) is 0 Å². The molecule has 0 aromatic heterocycles. The zero-order chi connectivity index (χ0) is 11.2. The van der Waals surface area contributed by atoms with Gasteiger partial charge in [-0.2, -0.15) is 0 Å². The Morgan fingerprint density at radius 1 is 1.33 bits per heavy atom. The Hall–Kier alpha value is -1.06. The number of nitrogens with one attached hydrogen (secondary N) is 1. The Morgan fingerprint density at radius 3 is 2.33 bits per heavy atom. The van der Waals surface area contributed by atoms with E-state index < -0.39 is 11.9 Å². The number of hydrogen-bond donors (Lipinski definition) is 2. The van der Waals surface area contributed by atoms with Crippen LogP contribution >= 0.6 is 0 Å². The van der Waals surface area contributed by atoms with Crippen LogP contribution in [0.5, 0.6) is 0 Å². The first-order valence-corrected chi connectivity index (χ1v) is 5.45. The first-order chi connectivity index (χ1) is 6.94. The van der Waals surface area contributed by atoms with Gasteiger partial charge in [0.05, 0.1) is 11.8 Å². The van der Waals surface area contributed by atoms with Crippen LogP contribution in [0.4, 0.5) is 0 Å². The van der Waals surface area contributed by atoms with Crippen LogP contribution in [-0.4, -0.2) is 23.5 Å². The van der Waals surface area contributed by atoms with Gasteiger partial charge in [-0.05, 0) is 24.2 Å². The lowest BCUT2D eigenvalue weighted by Gasteiger charge is -2.04. The van der Waals surface area contributed by atoms with Crippen LogP contribution in [-0.2, 0) is 9.59 Å². The van der Waals surface area contributed by atoms with Crippen LogP contribution in [0.15, 0.2) is 0 Å². The topological polar surface area (TPSA) is 66.4 Å². The molecule has 84 valence electrons. The normalized spacial score (nSPS) is 32.1. The molecule has 0 bridgehead atoms. The minimum Gasteiger partial charge on any atom is -0.481 e. The van der Waals surface area contributed by atoms with E-state index in [4.69, 9.17) is 5.11 Å². The van der Waals surface area contributed by atoms with Crippen molar-refractivity contribution in [1.82, 2.24) is 5.32 Å². The SMILES string of the molecule is CC1(C)C(C(=O)O)C1C(=O)NCC1CC1. The largest absolute Gasteiger partial charge is 0.481 e. The van der Waals surface area contributed by atoms with Gasteiger partial charge in [-0.1, -0.05) is 13.8 Å². The number of carboxylic acids is 1. The zero-order valence-electron chi connectivity index (χ0n) is 9.12. The average molecular weight is 211 g/mol. The Morgan fingerprint density at radius 2 is 1.93 bits per heavy atom. The highest BCUT2D eigenvalue weighted by atomic mass is 16.4. The molecule has 2 aliphatic carbocycles. The molecule has 2 fully saturated rings. The van der Waals surface area contributed by atoms with Crippen molar-refractivity contribution in [3.05, 3.63) is 0 Å². The molecule has 0 aliphatic heterocycles. The molecule has 0 heterocycles. The summed E-state index contributed by atoms with van der Waals surface area (Å²) >= 11 is 0. The summed E-state index contributed by atoms with van der Waals surface area (Å²) in [5.41, 5.74) is -0.376. The molecule has 0 aromatic rings. The smallest absolute Gasteiger partial charge is 0.307 e. The van der Waals surface area contributed by atoms with E-state index in [-0.39, 0.29) is 17.2 Å². The standard InChI is InChI=1S/C11H17NO3/c1-11(2)7(8(11)10(14)15)9(13)12-5-6-3-4-6/h6-8H,3-5H2,1-2H3,(H,12,13)(H,14,15). The number of carbonyl (C=O) groups excluding carboxylic acids is 1. The van der Waals surface area contributed by atoms with E-state index in [1.165, 1.54) is 12.8 Å². The van der Waals surface area contributed by atoms with Crippen molar-refractivity contribution in [2.24, 2.45) is 23.2 Å². The van der Waals surface area contributed by atoms with Crippen LogP contribution < -0.4 is 5.32 Å². The monoisotopic (exact) mass is 211 g/mol. The summed E-state index contributed by atoms with van der Waals surface area (Å²) in [6.07, 6.45) is 2.38. The Labute approximate surface area is 89.0 Å². The number of aliphatic carboxylic acids is 1. The van der Waals surface area contributed by atoms with Crippen LogP contribution in [0.3, 0.4) is 0 Å². The molecule has 15 heavy (non-hydrogen) atoms. The van der Waals surface area contributed by atoms with Crippen molar-refractivity contribution in [3.63, 3.8) is 0 Å². The molecule has 0 spiro atoms. The fourth-order valence-electron chi connectivity index (χ4n) is 2.26. The highest BCUT2D eigenvalue weighted by Crippen LogP contribution is 2.58. The quantitative estimate of drug-likeness (QED) is 0.725. The molecular formula is C11H17NO3. The highest BCUT2D eigenvalue weighted by Gasteiger charge is 2.65. The Kier molecular flexibility index (Phi) is 2.24. The summed E-state index contributed by atoms with van der Waals surface area (Å²) in [6.45, 7) is 4.40. The Bertz CT molecular complexity index is 307. The number of rotatable bonds is 4. The number of hydrogen-bond acceptors (Lipinski definition) is 2. The molecule has 0 radical (unpaired) electrons. The lowest BCUT2D eigenvalue weighted by atomic mass is 10.1. The third-order valence-electron chi connectivity index (χ3n) is 3.64. The summed E-state index contributed by atoms with van der Waals surface area (Å²) in [6, 6.07) is 0. The van der Waals surface area contributed by atoms with Gasteiger partial charge in [0.15, 0.2) is 0 Å². The lowest BCUT2D eigenvalue weighted by Crippen LogP contribution is -2.29. The van der Waals surface area contributed by atoms with Gasteiger partial charge in [0, 0.05) is 6.54 Å². The lowest BCUT2D eigenvalue weighted by molar-refractivity contribution is -0.140. The maximum atomic E-state index is 11.7. The van der Waals surface area contributed by atoms with E-state index in [0.29, 0.717) is 5.92 Å². The molecule has 1 amide bonds. The van der Waals surface area contributed by atoms with E-state index in [0.717, 1.165) is 6.54 Å². The summed E-state index contributed by atoms with van der Waals surface area (Å²) in [7, 11) is 0. The first-order valence-electron chi connectivity index (χ1n) is 5.45. The molecule has 2 N–H and O–H groups in total. The minimum absolute atomic E-state index is 0.0840. The molecular weight excluding hydrogens is 194 g/mol. The van der Waals surface area contributed by atoms with E-state index in [1.54, 1.807) is 0 Å². The van der Waals surface area contributed by atoms with Crippen molar-refractivity contribution in [1.29, 1.82) is 0 Å². The van der Waals surface area contributed by atoms with Crippen LogP contribution in [0.1, 0.15) is 26.7 Å². The molecule has 2 saturated carbocycles. The second kappa shape index (κ2) is 3.22. The number of amides is 1. The van der Waals surface area contributed by atoms with Gasteiger partial charge in [0.25, 0.3) is 0 Å². The van der Waals surface area contributed by atoms with Crippen molar-refractivity contribution in [2.45, 2.75) is 26.7 Å². The predicted molar refractivity (Wildman–Crippen MR) is 54.1 cm³/mol. The number of carboxylic acid groups (broad SMARTS) is 1. The van der Waals surface area contributed by atoms with Gasteiger partial charge in [0.2, 0.25) is 5.91 Å². The summed E-state index contributed by atoms with van der Waals surface area (Å²) in [5.74, 6) is -1.14. The summed E-state index contributed by atoms with van der Waals surface area (Å²) < 4.78 is 0. The van der Waals surface area contributed by atoms with Crippen LogP contribution in [0.25, 0.3) is 0 Å². The minimum atomic E-state index is -0.855. The molecule has 2 atom stereocenters. The van der Waals surface area contributed by atoms with Gasteiger partial charge in [-0.15, -0.1) is 0 Å². The second-order valence-electron chi connectivity index (χ2n) is 5.30. The van der Waals surface area contributed by atoms with E-state index in [2.05, 4.69) is 5.32 Å². The molecule has 2 rings (SSSR count). The van der Waals surface area contributed by atoms with Crippen molar-refractivity contribution in [2.75, 3.05) is 6.54 Å². The average Bonchev–Trinajstić information content (AvgIpc) is 2.97. The maximum Gasteiger partial charge on any atom is 0.307 e. The van der Waals surface area contributed by atoms with Gasteiger partial charge < -0.3 is 10.4 Å². The first kappa shape index (κ1) is 10.5. The van der Waals surface area contributed by atoms with Crippen molar-refractivity contribution in [3.8, 4) is 0 Å². The summed E-state index contributed by atoms with van der Waals surface area (Å²) in [4.78, 5) is 22.6. The summed E-state index contributed by atoms with van der Waals surface area (Å²) in [5, 5.41) is 11.8. The highest BCUT2D eigenvalue weighted by molar-refractivity contribution is 5.91. The molecule has 4 nitrogen and oxygen atoms in total. The fraction of sp³-hybridized carbons (Fsp3) is 0.818. The van der Waals surface area contributed by atoms with Crippen molar-refractivity contribution >= 4 is 11.9 Å². The molecule has 2 aliphatic rings. The molecule has 0 saturated heterocycles. The van der Waals surface area contributed by atoms with Gasteiger partial charge in [0.1, 0.15) is 0 Å². The van der Waals surface area contributed by atoms with E-state index in [1.807, 2.05) is 13.8 Å². The predicted octanol–water partition coefficient (Wildman–Crippen LogP) is 0.869.